The lowest BCUT2D eigenvalue weighted by Crippen LogP contribution is -2.14. The van der Waals surface area contributed by atoms with Gasteiger partial charge in [0, 0.05) is 18.2 Å². The van der Waals surface area contributed by atoms with Gasteiger partial charge in [0.2, 0.25) is 5.91 Å². The molecule has 6 heteroatoms. The van der Waals surface area contributed by atoms with Crippen LogP contribution in [0.15, 0.2) is 72.9 Å². The standard InChI is InChI=1S/C23H20FN3O2/c1-29-19-12-10-16(15-18(19)24)11-13-21(28)26-23-22(17-7-3-2-4-8-17)25-20-9-5-6-14-27(20)23/h2-10,12,14-15H,11,13H2,1H3,(H,26,28). The molecule has 5 nitrogen and oxygen atoms in total. The van der Waals surface area contributed by atoms with Crippen LogP contribution in [0.2, 0.25) is 0 Å². The van der Waals surface area contributed by atoms with Crippen LogP contribution in [0, 0.1) is 5.82 Å². The van der Waals surface area contributed by atoms with Gasteiger partial charge in [0.25, 0.3) is 0 Å². The lowest BCUT2D eigenvalue weighted by atomic mass is 10.1. The molecule has 4 aromatic rings. The molecule has 0 bridgehead atoms. The Hall–Kier alpha value is -3.67. The van der Waals surface area contributed by atoms with Gasteiger partial charge in [-0.2, -0.15) is 0 Å². The van der Waals surface area contributed by atoms with Gasteiger partial charge in [-0.15, -0.1) is 0 Å². The van der Waals surface area contributed by atoms with Crippen LogP contribution in [0.4, 0.5) is 10.2 Å². The normalized spacial score (nSPS) is 10.8. The lowest BCUT2D eigenvalue weighted by Gasteiger charge is -2.09. The second-order valence-electron chi connectivity index (χ2n) is 6.62. The van der Waals surface area contributed by atoms with Crippen molar-refractivity contribution in [1.29, 1.82) is 0 Å². The minimum atomic E-state index is -0.432. The fraction of sp³-hybridized carbons (Fsp3) is 0.130. The number of amides is 1. The molecule has 2 aromatic carbocycles. The molecule has 0 aliphatic heterocycles. The van der Waals surface area contributed by atoms with Crippen LogP contribution in [0.25, 0.3) is 16.9 Å². The van der Waals surface area contributed by atoms with Crippen molar-refractivity contribution in [2.24, 2.45) is 0 Å². The Balaban J connectivity index is 1.55. The highest BCUT2D eigenvalue weighted by atomic mass is 19.1. The zero-order valence-corrected chi connectivity index (χ0v) is 15.9. The number of ether oxygens (including phenoxy) is 1. The SMILES string of the molecule is COc1ccc(CCC(=O)Nc2c(-c3ccccc3)nc3ccccn23)cc1F. The number of imidazole rings is 1. The van der Waals surface area contributed by atoms with E-state index in [9.17, 15) is 9.18 Å². The predicted molar refractivity (Wildman–Crippen MR) is 111 cm³/mol. The van der Waals surface area contributed by atoms with E-state index >= 15 is 0 Å². The van der Waals surface area contributed by atoms with Crippen molar-refractivity contribution in [3.05, 3.63) is 84.3 Å². The number of nitrogens with one attached hydrogen (secondary N) is 1. The van der Waals surface area contributed by atoms with E-state index in [0.29, 0.717) is 17.9 Å². The van der Waals surface area contributed by atoms with Gasteiger partial charge in [-0.25, -0.2) is 9.37 Å². The Labute approximate surface area is 167 Å². The Kier molecular flexibility index (Phi) is 5.24. The van der Waals surface area contributed by atoms with Crippen molar-refractivity contribution < 1.29 is 13.9 Å². The van der Waals surface area contributed by atoms with Crippen molar-refractivity contribution in [1.82, 2.24) is 9.38 Å². The van der Waals surface area contributed by atoms with E-state index in [1.165, 1.54) is 13.2 Å². The van der Waals surface area contributed by atoms with Gasteiger partial charge in [0.15, 0.2) is 11.6 Å². The number of carbonyl (C=O) groups is 1. The molecule has 1 N–H and O–H groups in total. The zero-order chi connectivity index (χ0) is 20.2. The third-order valence-corrected chi connectivity index (χ3v) is 4.69. The van der Waals surface area contributed by atoms with Crippen LogP contribution in [0.3, 0.4) is 0 Å². The van der Waals surface area contributed by atoms with E-state index < -0.39 is 5.82 Å². The van der Waals surface area contributed by atoms with Crippen LogP contribution in [-0.2, 0) is 11.2 Å². The zero-order valence-electron chi connectivity index (χ0n) is 15.9. The highest BCUT2D eigenvalue weighted by Crippen LogP contribution is 2.28. The minimum Gasteiger partial charge on any atom is -0.494 e. The first-order valence-electron chi connectivity index (χ1n) is 9.30. The number of aromatic nitrogens is 2. The summed E-state index contributed by atoms with van der Waals surface area (Å²) in [4.78, 5) is 17.3. The number of carbonyl (C=O) groups excluding carboxylic acids is 1. The highest BCUT2D eigenvalue weighted by Gasteiger charge is 2.16. The molecule has 0 saturated carbocycles. The van der Waals surface area contributed by atoms with Gasteiger partial charge < -0.3 is 10.1 Å². The van der Waals surface area contributed by atoms with Crippen LogP contribution in [0.1, 0.15) is 12.0 Å². The Bertz CT molecular complexity index is 1160. The number of hydrogen-bond donors (Lipinski definition) is 1. The maximum absolute atomic E-state index is 13.9. The molecule has 0 radical (unpaired) electrons. The van der Waals surface area contributed by atoms with E-state index in [1.807, 2.05) is 59.1 Å². The molecule has 1 amide bonds. The van der Waals surface area contributed by atoms with Gasteiger partial charge in [-0.3, -0.25) is 9.20 Å². The smallest absolute Gasteiger partial charge is 0.225 e. The summed E-state index contributed by atoms with van der Waals surface area (Å²) < 4.78 is 20.6. The first kappa shape index (κ1) is 18.7. The molecule has 0 spiro atoms. The summed E-state index contributed by atoms with van der Waals surface area (Å²) in [6.07, 6.45) is 2.51. The van der Waals surface area contributed by atoms with Crippen LogP contribution < -0.4 is 10.1 Å². The Morgan fingerprint density at radius 1 is 1.10 bits per heavy atom. The van der Waals surface area contributed by atoms with E-state index in [1.54, 1.807) is 12.1 Å². The molecule has 2 heterocycles. The van der Waals surface area contributed by atoms with E-state index in [-0.39, 0.29) is 18.1 Å². The van der Waals surface area contributed by atoms with Gasteiger partial charge >= 0.3 is 0 Å². The first-order chi connectivity index (χ1) is 14.2. The van der Waals surface area contributed by atoms with Crippen molar-refractivity contribution in [3.63, 3.8) is 0 Å². The average molecular weight is 389 g/mol. The number of nitrogens with zero attached hydrogens (tertiary/aromatic N) is 2. The Morgan fingerprint density at radius 2 is 1.90 bits per heavy atom. The highest BCUT2D eigenvalue weighted by molar-refractivity contribution is 5.94. The molecule has 4 rings (SSSR count). The van der Waals surface area contributed by atoms with Gasteiger partial charge in [0.05, 0.1) is 7.11 Å². The maximum Gasteiger partial charge on any atom is 0.225 e. The molecule has 0 saturated heterocycles. The predicted octanol–water partition coefficient (Wildman–Crippen LogP) is 4.72. The molecule has 0 unspecified atom stereocenters. The van der Waals surface area contributed by atoms with Crippen molar-refractivity contribution in [2.45, 2.75) is 12.8 Å². The molecular weight excluding hydrogens is 369 g/mol. The van der Waals surface area contributed by atoms with Crippen molar-refractivity contribution in [2.75, 3.05) is 12.4 Å². The number of aryl methyl sites for hydroxylation is 1. The fourth-order valence-corrected chi connectivity index (χ4v) is 3.23. The second-order valence-corrected chi connectivity index (χ2v) is 6.62. The molecular formula is C23H20FN3O2. The number of fused-ring (bicyclic) bond motifs is 1. The number of halogens is 1. The fourth-order valence-electron chi connectivity index (χ4n) is 3.23. The summed E-state index contributed by atoms with van der Waals surface area (Å²) >= 11 is 0. The third kappa shape index (κ3) is 3.96. The van der Waals surface area contributed by atoms with Crippen molar-refractivity contribution in [3.8, 4) is 17.0 Å². The minimum absolute atomic E-state index is 0.163. The summed E-state index contributed by atoms with van der Waals surface area (Å²) in [7, 11) is 1.42. The summed E-state index contributed by atoms with van der Waals surface area (Å²) in [5.41, 5.74) is 3.11. The molecule has 0 fully saturated rings. The topological polar surface area (TPSA) is 55.6 Å². The molecule has 146 valence electrons. The van der Waals surface area contributed by atoms with Gasteiger partial charge in [0.1, 0.15) is 17.2 Å². The van der Waals surface area contributed by atoms with Crippen LogP contribution in [0.5, 0.6) is 5.75 Å². The lowest BCUT2D eigenvalue weighted by molar-refractivity contribution is -0.116. The summed E-state index contributed by atoms with van der Waals surface area (Å²) in [6, 6.07) is 20.1. The van der Waals surface area contributed by atoms with Crippen molar-refractivity contribution >= 4 is 17.4 Å². The van der Waals surface area contributed by atoms with Gasteiger partial charge in [-0.05, 0) is 36.2 Å². The van der Waals surface area contributed by atoms with E-state index in [4.69, 9.17) is 4.74 Å². The Morgan fingerprint density at radius 3 is 2.66 bits per heavy atom. The van der Waals surface area contributed by atoms with E-state index in [0.717, 1.165) is 16.8 Å². The second kappa shape index (κ2) is 8.14. The monoisotopic (exact) mass is 389 g/mol. The van der Waals surface area contributed by atoms with Crippen LogP contribution >= 0.6 is 0 Å². The number of rotatable bonds is 6. The molecule has 0 atom stereocenters. The number of hydrogen-bond acceptors (Lipinski definition) is 3. The van der Waals surface area contributed by atoms with Crippen LogP contribution in [-0.4, -0.2) is 22.4 Å². The number of methoxy groups -OCH3 is 1. The molecule has 0 aliphatic carbocycles. The summed E-state index contributed by atoms with van der Waals surface area (Å²) in [5.74, 6) is 0.219. The third-order valence-electron chi connectivity index (χ3n) is 4.69. The molecule has 2 aromatic heterocycles. The first-order valence-corrected chi connectivity index (χ1v) is 9.30. The van der Waals surface area contributed by atoms with E-state index in [2.05, 4.69) is 10.3 Å². The molecule has 0 aliphatic rings. The molecule has 29 heavy (non-hydrogen) atoms. The number of anilines is 1. The average Bonchev–Trinajstić information content (AvgIpc) is 3.11. The number of pyridine rings is 1. The van der Waals surface area contributed by atoms with Gasteiger partial charge in [-0.1, -0.05) is 42.5 Å². The summed E-state index contributed by atoms with van der Waals surface area (Å²) in [5, 5.41) is 2.98. The maximum atomic E-state index is 13.9. The quantitative estimate of drug-likeness (QED) is 0.519. The summed E-state index contributed by atoms with van der Waals surface area (Å²) in [6.45, 7) is 0. The number of benzene rings is 2. The largest absolute Gasteiger partial charge is 0.494 e.